The van der Waals surface area contributed by atoms with Crippen LogP contribution in [0.2, 0.25) is 0 Å². The average molecular weight is 374 g/mol. The minimum absolute atomic E-state index is 0.206. The number of nitrogens with one attached hydrogen (secondary N) is 2. The fraction of sp³-hybridized carbons (Fsp3) is 0.304. The highest BCUT2D eigenvalue weighted by molar-refractivity contribution is 6.01. The van der Waals surface area contributed by atoms with Crippen molar-refractivity contribution in [1.82, 2.24) is 10.3 Å². The third-order valence-corrected chi connectivity index (χ3v) is 5.26. The Morgan fingerprint density at radius 3 is 2.64 bits per heavy atom. The van der Waals surface area contributed by atoms with Crippen molar-refractivity contribution in [1.29, 1.82) is 0 Å². The smallest absolute Gasteiger partial charge is 0.319 e. The Morgan fingerprint density at radius 2 is 1.86 bits per heavy atom. The molecule has 1 saturated heterocycles. The molecule has 0 spiro atoms. The zero-order chi connectivity index (χ0) is 19.3. The van der Waals surface area contributed by atoms with Gasteiger partial charge in [0.05, 0.1) is 5.69 Å². The first-order valence-electron chi connectivity index (χ1n) is 9.93. The van der Waals surface area contributed by atoms with Crippen molar-refractivity contribution in [2.75, 3.05) is 23.3 Å². The summed E-state index contributed by atoms with van der Waals surface area (Å²) in [6, 6.07) is 16.1. The largest absolute Gasteiger partial charge is 0.372 e. The van der Waals surface area contributed by atoms with Crippen molar-refractivity contribution in [3.63, 3.8) is 0 Å². The van der Waals surface area contributed by atoms with Gasteiger partial charge in [-0.15, -0.1) is 0 Å². The van der Waals surface area contributed by atoms with Gasteiger partial charge in [-0.05, 0) is 56.0 Å². The van der Waals surface area contributed by atoms with Crippen LogP contribution in [-0.4, -0.2) is 24.1 Å². The molecule has 144 valence electrons. The molecule has 2 aromatic carbocycles. The molecule has 1 aliphatic heterocycles. The van der Waals surface area contributed by atoms with Crippen molar-refractivity contribution in [3.05, 3.63) is 66.0 Å². The van der Waals surface area contributed by atoms with E-state index >= 15 is 0 Å². The van der Waals surface area contributed by atoms with Gasteiger partial charge < -0.3 is 15.5 Å². The van der Waals surface area contributed by atoms with Gasteiger partial charge in [0.25, 0.3) is 0 Å². The van der Waals surface area contributed by atoms with Gasteiger partial charge in [-0.1, -0.05) is 24.3 Å². The van der Waals surface area contributed by atoms with Crippen LogP contribution >= 0.6 is 0 Å². The summed E-state index contributed by atoms with van der Waals surface area (Å²) < 4.78 is 0. The van der Waals surface area contributed by atoms with Crippen molar-refractivity contribution < 1.29 is 4.79 Å². The van der Waals surface area contributed by atoms with Crippen molar-refractivity contribution >= 4 is 28.2 Å². The van der Waals surface area contributed by atoms with Gasteiger partial charge >= 0.3 is 6.03 Å². The molecule has 1 aliphatic rings. The summed E-state index contributed by atoms with van der Waals surface area (Å²) in [5.74, 6) is 0. The van der Waals surface area contributed by atoms with E-state index in [2.05, 4.69) is 44.8 Å². The molecule has 4 rings (SSSR count). The summed E-state index contributed by atoms with van der Waals surface area (Å²) in [7, 11) is 0. The fourth-order valence-electron chi connectivity index (χ4n) is 3.71. The first-order chi connectivity index (χ1) is 13.7. The molecule has 0 unspecified atom stereocenters. The summed E-state index contributed by atoms with van der Waals surface area (Å²) >= 11 is 0. The lowest BCUT2D eigenvalue weighted by atomic mass is 10.1. The predicted octanol–water partition coefficient (Wildman–Crippen LogP) is 4.86. The molecule has 2 N–H and O–H groups in total. The van der Waals surface area contributed by atoms with Crippen LogP contribution in [0, 0.1) is 6.92 Å². The Hall–Kier alpha value is -3.08. The van der Waals surface area contributed by atoms with Crippen molar-refractivity contribution in [2.45, 2.75) is 32.7 Å². The number of carbonyl (C=O) groups is 1. The molecule has 2 heterocycles. The number of piperidine rings is 1. The number of hydrogen-bond donors (Lipinski definition) is 2. The highest BCUT2D eigenvalue weighted by Crippen LogP contribution is 2.23. The number of fused-ring (bicyclic) bond motifs is 1. The van der Waals surface area contributed by atoms with Gasteiger partial charge in [-0.3, -0.25) is 4.98 Å². The van der Waals surface area contributed by atoms with Gasteiger partial charge in [-0.25, -0.2) is 4.79 Å². The SMILES string of the molecule is Cc1cc2c(NC(=O)NCc3ccc(N4CCCCC4)cc3)cccc2cn1. The van der Waals surface area contributed by atoms with Crippen molar-refractivity contribution in [3.8, 4) is 0 Å². The molecule has 1 fully saturated rings. The number of anilines is 2. The van der Waals surface area contributed by atoms with Gasteiger partial charge in [0.2, 0.25) is 0 Å². The molecular formula is C23H26N4O. The van der Waals surface area contributed by atoms with E-state index in [4.69, 9.17) is 0 Å². The predicted molar refractivity (Wildman–Crippen MR) is 115 cm³/mol. The summed E-state index contributed by atoms with van der Waals surface area (Å²) in [6.45, 7) is 4.72. The quantitative estimate of drug-likeness (QED) is 0.686. The topological polar surface area (TPSA) is 57.3 Å². The zero-order valence-electron chi connectivity index (χ0n) is 16.2. The maximum Gasteiger partial charge on any atom is 0.319 e. The number of benzene rings is 2. The molecule has 3 aromatic rings. The number of rotatable bonds is 4. The normalized spacial score (nSPS) is 14.1. The molecule has 0 atom stereocenters. The maximum absolute atomic E-state index is 12.4. The van der Waals surface area contributed by atoms with Crippen LogP contribution in [-0.2, 0) is 6.54 Å². The maximum atomic E-state index is 12.4. The summed E-state index contributed by atoms with van der Waals surface area (Å²) in [5, 5.41) is 7.91. The van der Waals surface area contributed by atoms with Crippen LogP contribution < -0.4 is 15.5 Å². The van der Waals surface area contributed by atoms with E-state index in [-0.39, 0.29) is 6.03 Å². The van der Waals surface area contributed by atoms with Crippen LogP contribution in [0.4, 0.5) is 16.2 Å². The van der Waals surface area contributed by atoms with Crippen LogP contribution in [0.15, 0.2) is 54.7 Å². The monoisotopic (exact) mass is 374 g/mol. The third-order valence-electron chi connectivity index (χ3n) is 5.26. The Kier molecular flexibility index (Phi) is 5.42. The highest BCUT2D eigenvalue weighted by Gasteiger charge is 2.11. The van der Waals surface area contributed by atoms with E-state index in [0.717, 1.165) is 40.8 Å². The van der Waals surface area contributed by atoms with Crippen LogP contribution in [0.25, 0.3) is 10.8 Å². The Balaban J connectivity index is 1.36. The number of pyridine rings is 1. The second kappa shape index (κ2) is 8.30. The van der Waals surface area contributed by atoms with Crippen LogP contribution in [0.1, 0.15) is 30.5 Å². The van der Waals surface area contributed by atoms with E-state index in [9.17, 15) is 4.79 Å². The Morgan fingerprint density at radius 1 is 1.07 bits per heavy atom. The van der Waals surface area contributed by atoms with Gasteiger partial charge in [0, 0.05) is 48.0 Å². The summed E-state index contributed by atoms with van der Waals surface area (Å²) in [5.41, 5.74) is 4.08. The molecule has 28 heavy (non-hydrogen) atoms. The Labute approximate surface area is 165 Å². The second-order valence-corrected chi connectivity index (χ2v) is 7.37. The van der Waals surface area contributed by atoms with Gasteiger partial charge in [0.1, 0.15) is 0 Å². The molecule has 5 nitrogen and oxygen atoms in total. The lowest BCUT2D eigenvalue weighted by Gasteiger charge is -2.28. The van der Waals surface area contributed by atoms with E-state index in [1.165, 1.54) is 24.9 Å². The van der Waals surface area contributed by atoms with Crippen LogP contribution in [0.3, 0.4) is 0 Å². The minimum Gasteiger partial charge on any atom is -0.372 e. The molecule has 0 radical (unpaired) electrons. The van der Waals surface area contributed by atoms with Gasteiger partial charge in [-0.2, -0.15) is 0 Å². The summed E-state index contributed by atoms with van der Waals surface area (Å²) in [4.78, 5) is 19.1. The number of aromatic nitrogens is 1. The highest BCUT2D eigenvalue weighted by atomic mass is 16.2. The van der Waals surface area contributed by atoms with Crippen molar-refractivity contribution in [2.24, 2.45) is 0 Å². The number of hydrogen-bond acceptors (Lipinski definition) is 3. The number of amides is 2. The third kappa shape index (κ3) is 4.25. The molecule has 2 amide bonds. The minimum atomic E-state index is -0.206. The molecular weight excluding hydrogens is 348 g/mol. The average Bonchev–Trinajstić information content (AvgIpc) is 2.74. The molecule has 0 aliphatic carbocycles. The van der Waals surface area contributed by atoms with E-state index in [1.54, 1.807) is 0 Å². The zero-order valence-corrected chi connectivity index (χ0v) is 16.2. The Bertz CT molecular complexity index is 962. The fourth-order valence-corrected chi connectivity index (χ4v) is 3.71. The first-order valence-corrected chi connectivity index (χ1v) is 9.93. The van der Waals surface area contributed by atoms with E-state index in [0.29, 0.717) is 6.54 Å². The first kappa shape index (κ1) is 18.3. The standard InChI is InChI=1S/C23H26N4O/c1-17-14-21-19(16-24-17)6-5-7-22(21)26-23(28)25-15-18-8-10-20(11-9-18)27-12-3-2-4-13-27/h5-11,14,16H,2-4,12-13,15H2,1H3,(H2,25,26,28). The lowest BCUT2D eigenvalue weighted by molar-refractivity contribution is 0.252. The number of carbonyl (C=O) groups excluding carboxylic acids is 1. The number of urea groups is 1. The molecule has 0 bridgehead atoms. The van der Waals surface area contributed by atoms with Crippen LogP contribution in [0.5, 0.6) is 0 Å². The summed E-state index contributed by atoms with van der Waals surface area (Å²) in [6.07, 6.45) is 5.71. The lowest BCUT2D eigenvalue weighted by Crippen LogP contribution is -2.29. The molecule has 1 aromatic heterocycles. The van der Waals surface area contributed by atoms with E-state index < -0.39 is 0 Å². The van der Waals surface area contributed by atoms with Gasteiger partial charge in [0.15, 0.2) is 0 Å². The number of aryl methyl sites for hydroxylation is 1. The number of nitrogens with zero attached hydrogens (tertiary/aromatic N) is 2. The molecule has 5 heteroatoms. The second-order valence-electron chi connectivity index (χ2n) is 7.37. The van der Waals surface area contributed by atoms with E-state index in [1.807, 2.05) is 37.4 Å². The molecule has 0 saturated carbocycles.